The number of carbonyl (C=O) groups excluding carboxylic acids is 1. The van der Waals surface area contributed by atoms with Crippen molar-refractivity contribution in [1.29, 1.82) is 0 Å². The predicted molar refractivity (Wildman–Crippen MR) is 142 cm³/mol. The van der Waals surface area contributed by atoms with Gasteiger partial charge in [-0.05, 0) is 42.8 Å². The van der Waals surface area contributed by atoms with Crippen LogP contribution in [0.4, 0.5) is 16.3 Å². The first-order valence-electron chi connectivity index (χ1n) is 12.0. The number of aryl methyl sites for hydroxylation is 1. The summed E-state index contributed by atoms with van der Waals surface area (Å²) in [5.74, 6) is 1.38. The Bertz CT molecular complexity index is 1480. The summed E-state index contributed by atoms with van der Waals surface area (Å²) in [6, 6.07) is 3.90. The van der Waals surface area contributed by atoms with Crippen molar-refractivity contribution >= 4 is 50.1 Å². The van der Waals surface area contributed by atoms with Gasteiger partial charge in [-0.15, -0.1) is 11.3 Å². The third kappa shape index (κ3) is 5.37. The van der Waals surface area contributed by atoms with E-state index in [1.54, 1.807) is 38.0 Å². The van der Waals surface area contributed by atoms with Gasteiger partial charge >= 0.3 is 6.09 Å². The van der Waals surface area contributed by atoms with Crippen molar-refractivity contribution < 1.29 is 14.3 Å². The number of thiophene rings is 1. The molecular formula is C24H27N9O3S. The number of hydrogen-bond acceptors (Lipinski definition) is 9. The second kappa shape index (κ2) is 10.9. The van der Waals surface area contributed by atoms with Gasteiger partial charge in [-0.3, -0.25) is 5.10 Å². The molecule has 12 nitrogen and oxygen atoms in total. The number of carbonyl (C=O) groups is 1. The average Bonchev–Trinajstić information content (AvgIpc) is 3.49. The molecule has 1 atom stereocenters. The molecule has 0 aliphatic heterocycles. The molecule has 37 heavy (non-hydrogen) atoms. The Morgan fingerprint density at radius 2 is 2.24 bits per heavy atom. The van der Waals surface area contributed by atoms with E-state index in [9.17, 15) is 4.79 Å². The molecule has 0 saturated heterocycles. The number of anilines is 2. The minimum Gasteiger partial charge on any atom is -0.491 e. The third-order valence-corrected chi connectivity index (χ3v) is 7.36. The maximum Gasteiger partial charge on any atom is 0.409 e. The summed E-state index contributed by atoms with van der Waals surface area (Å²) in [4.78, 5) is 27.4. The van der Waals surface area contributed by atoms with Crippen LogP contribution in [0.5, 0.6) is 5.75 Å². The molecule has 0 bridgehead atoms. The Morgan fingerprint density at radius 3 is 3.08 bits per heavy atom. The van der Waals surface area contributed by atoms with Crippen LogP contribution in [0.2, 0.25) is 0 Å². The number of azide groups is 1. The minimum atomic E-state index is -0.323. The Kier molecular flexibility index (Phi) is 7.24. The fourth-order valence-corrected chi connectivity index (χ4v) is 5.60. The van der Waals surface area contributed by atoms with Crippen LogP contribution >= 0.6 is 11.3 Å². The van der Waals surface area contributed by atoms with Crippen LogP contribution in [0, 0.1) is 0 Å². The number of nitrogens with zero attached hydrogens (tertiary/aromatic N) is 7. The molecule has 1 aliphatic rings. The normalized spacial score (nSPS) is 14.7. The zero-order valence-corrected chi connectivity index (χ0v) is 21.4. The number of aromatic nitrogens is 4. The molecule has 192 valence electrons. The van der Waals surface area contributed by atoms with Crippen LogP contribution in [0.1, 0.15) is 29.7 Å². The Morgan fingerprint density at radius 1 is 1.35 bits per heavy atom. The van der Waals surface area contributed by atoms with E-state index < -0.39 is 0 Å². The molecular weight excluding hydrogens is 494 g/mol. The van der Waals surface area contributed by atoms with Gasteiger partial charge in [0.15, 0.2) is 0 Å². The van der Waals surface area contributed by atoms with E-state index in [0.29, 0.717) is 31.1 Å². The first-order chi connectivity index (χ1) is 18.0. The zero-order valence-electron chi connectivity index (χ0n) is 20.6. The summed E-state index contributed by atoms with van der Waals surface area (Å²) in [6.45, 7) is 0.928. The number of hydrogen-bond donors (Lipinski definition) is 2. The van der Waals surface area contributed by atoms with E-state index in [-0.39, 0.29) is 12.2 Å². The van der Waals surface area contributed by atoms with Gasteiger partial charge < -0.3 is 19.7 Å². The highest BCUT2D eigenvalue weighted by Crippen LogP contribution is 2.41. The maximum atomic E-state index is 12.0. The van der Waals surface area contributed by atoms with Gasteiger partial charge in [0.05, 0.1) is 29.4 Å². The second-order valence-electron chi connectivity index (χ2n) is 8.99. The Labute approximate surface area is 216 Å². The number of nitrogens with one attached hydrogen (secondary N) is 2. The summed E-state index contributed by atoms with van der Waals surface area (Å²) in [5, 5.41) is 16.1. The number of H-pyrrole nitrogens is 1. The fourth-order valence-electron chi connectivity index (χ4n) is 4.35. The summed E-state index contributed by atoms with van der Waals surface area (Å²) in [6.07, 6.45) is 6.55. The summed E-state index contributed by atoms with van der Waals surface area (Å²) in [5.41, 5.74) is 11.3. The van der Waals surface area contributed by atoms with Crippen LogP contribution in [-0.2, 0) is 17.6 Å². The highest BCUT2D eigenvalue weighted by atomic mass is 32.1. The quantitative estimate of drug-likeness (QED) is 0.130. The standard InChI is InChI=1S/C24H27N9O3S/c1-33(2)24(34)36-15-5-6-16-20(10-15)37-23-21(16)22(26-13-27-23)30-18-9-14-12-29-31-17(14)11-19(18)35-8-4-3-7-28-32-25/h9,11-13,15H,3-8,10H2,1-2H3,(H,29,31)(H,26,27,30). The molecule has 1 amide bonds. The van der Waals surface area contributed by atoms with Crippen molar-refractivity contribution in [3.63, 3.8) is 0 Å². The number of unbranched alkanes of at least 4 members (excludes halogenated alkanes) is 1. The molecule has 1 unspecified atom stereocenters. The number of aromatic amines is 1. The molecule has 0 saturated carbocycles. The Hall–Kier alpha value is -4.09. The number of amides is 1. The average molecular weight is 522 g/mol. The van der Waals surface area contributed by atoms with Crippen molar-refractivity contribution in [2.24, 2.45) is 5.11 Å². The van der Waals surface area contributed by atoms with Crippen LogP contribution in [0.25, 0.3) is 31.6 Å². The number of benzene rings is 1. The molecule has 3 heterocycles. The third-order valence-electron chi connectivity index (χ3n) is 6.20. The maximum absolute atomic E-state index is 12.0. The summed E-state index contributed by atoms with van der Waals surface area (Å²) < 4.78 is 11.7. The van der Waals surface area contributed by atoms with E-state index in [2.05, 4.69) is 35.5 Å². The second-order valence-corrected chi connectivity index (χ2v) is 10.1. The van der Waals surface area contributed by atoms with Gasteiger partial charge in [-0.2, -0.15) is 5.10 Å². The number of rotatable bonds is 9. The van der Waals surface area contributed by atoms with E-state index in [4.69, 9.17) is 15.0 Å². The lowest BCUT2D eigenvalue weighted by molar-refractivity contribution is 0.0685. The summed E-state index contributed by atoms with van der Waals surface area (Å²) in [7, 11) is 3.37. The SMILES string of the molecule is CN(C)C(=O)OC1CCc2c(sc3ncnc(Nc4cc5cn[nH]c5cc4OCCCCN=[N+]=[N-])c23)C1. The monoisotopic (exact) mass is 521 g/mol. The lowest BCUT2D eigenvalue weighted by atomic mass is 9.94. The van der Waals surface area contributed by atoms with Crippen molar-refractivity contribution in [3.05, 3.63) is 45.5 Å². The van der Waals surface area contributed by atoms with Crippen molar-refractivity contribution in [2.75, 3.05) is 32.6 Å². The van der Waals surface area contributed by atoms with Gasteiger partial charge in [0.1, 0.15) is 28.8 Å². The van der Waals surface area contributed by atoms with Crippen LogP contribution < -0.4 is 10.1 Å². The number of ether oxygens (including phenoxy) is 2. The van der Waals surface area contributed by atoms with E-state index in [1.165, 1.54) is 15.3 Å². The molecule has 3 aromatic heterocycles. The lowest BCUT2D eigenvalue weighted by Gasteiger charge is -2.24. The van der Waals surface area contributed by atoms with Gasteiger partial charge in [0, 0.05) is 48.3 Å². The van der Waals surface area contributed by atoms with Gasteiger partial charge in [0.25, 0.3) is 0 Å². The Balaban J connectivity index is 1.40. The van der Waals surface area contributed by atoms with Gasteiger partial charge in [-0.25, -0.2) is 14.8 Å². The van der Waals surface area contributed by atoms with Crippen molar-refractivity contribution in [3.8, 4) is 5.75 Å². The molecule has 0 fully saturated rings. The molecule has 4 aromatic rings. The summed E-state index contributed by atoms with van der Waals surface area (Å²) >= 11 is 1.62. The van der Waals surface area contributed by atoms with Gasteiger partial charge in [0.2, 0.25) is 0 Å². The first kappa shape index (κ1) is 24.6. The molecule has 0 spiro atoms. The van der Waals surface area contributed by atoms with Crippen molar-refractivity contribution in [1.82, 2.24) is 25.1 Å². The number of fused-ring (bicyclic) bond motifs is 4. The predicted octanol–water partition coefficient (Wildman–Crippen LogP) is 5.34. The minimum absolute atomic E-state index is 0.151. The lowest BCUT2D eigenvalue weighted by Crippen LogP contribution is -2.31. The molecule has 5 rings (SSSR count). The smallest absolute Gasteiger partial charge is 0.409 e. The topological polar surface area (TPSA) is 154 Å². The molecule has 0 radical (unpaired) electrons. The highest BCUT2D eigenvalue weighted by Gasteiger charge is 2.28. The van der Waals surface area contributed by atoms with Gasteiger partial charge in [-0.1, -0.05) is 5.11 Å². The molecule has 1 aliphatic carbocycles. The largest absolute Gasteiger partial charge is 0.491 e. The van der Waals surface area contributed by atoms with Crippen LogP contribution in [0.15, 0.2) is 29.8 Å². The molecule has 13 heteroatoms. The first-order valence-corrected chi connectivity index (χ1v) is 12.9. The van der Waals surface area contributed by atoms with Crippen LogP contribution in [0.3, 0.4) is 0 Å². The van der Waals surface area contributed by atoms with E-state index in [1.807, 2.05) is 12.1 Å². The highest BCUT2D eigenvalue weighted by molar-refractivity contribution is 7.19. The van der Waals surface area contributed by atoms with E-state index >= 15 is 0 Å². The fraction of sp³-hybridized carbons (Fsp3) is 0.417. The zero-order chi connectivity index (χ0) is 25.8. The van der Waals surface area contributed by atoms with Crippen LogP contribution in [-0.4, -0.2) is 64.5 Å². The van der Waals surface area contributed by atoms with E-state index in [0.717, 1.165) is 52.5 Å². The molecule has 1 aromatic carbocycles. The molecule has 2 N–H and O–H groups in total. The van der Waals surface area contributed by atoms with Crippen molar-refractivity contribution in [2.45, 2.75) is 38.2 Å².